The molecule has 2 saturated heterocycles. The van der Waals surface area contributed by atoms with Gasteiger partial charge >= 0.3 is 0 Å². The highest BCUT2D eigenvalue weighted by molar-refractivity contribution is 5.95. The van der Waals surface area contributed by atoms with Crippen molar-refractivity contribution in [3.63, 3.8) is 0 Å². The molecule has 2 heterocycles. The van der Waals surface area contributed by atoms with Crippen LogP contribution in [0.5, 0.6) is 11.5 Å². The summed E-state index contributed by atoms with van der Waals surface area (Å²) in [6.07, 6.45) is 4.70. The summed E-state index contributed by atoms with van der Waals surface area (Å²) < 4.78 is 11.1. The Morgan fingerprint density at radius 1 is 0.900 bits per heavy atom. The number of carbonyl (C=O) groups is 2. The smallest absolute Gasteiger partial charge is 0.254 e. The molecule has 0 aliphatic carbocycles. The number of hydrogen-bond acceptors (Lipinski definition) is 5. The molecular weight excluding hydrogens is 382 g/mol. The molecule has 2 fully saturated rings. The van der Waals surface area contributed by atoms with E-state index in [0.29, 0.717) is 36.7 Å². The first-order valence-corrected chi connectivity index (χ1v) is 11.1. The molecule has 166 valence electrons. The molecular formula is C23H35N3O4. The molecule has 3 rings (SSSR count). The Balaban J connectivity index is 1.53. The van der Waals surface area contributed by atoms with Crippen molar-refractivity contribution in [3.8, 4) is 11.5 Å². The van der Waals surface area contributed by atoms with Gasteiger partial charge < -0.3 is 19.3 Å². The van der Waals surface area contributed by atoms with Gasteiger partial charge in [-0.3, -0.25) is 14.5 Å². The molecule has 2 aliphatic rings. The van der Waals surface area contributed by atoms with Crippen LogP contribution in [0.25, 0.3) is 0 Å². The number of ether oxygens (including phenoxy) is 2. The molecule has 7 heteroatoms. The largest absolute Gasteiger partial charge is 0.493 e. The number of nitrogens with zero attached hydrogens (tertiary/aromatic N) is 3. The highest BCUT2D eigenvalue weighted by Crippen LogP contribution is 2.29. The Morgan fingerprint density at radius 3 is 2.17 bits per heavy atom. The van der Waals surface area contributed by atoms with Gasteiger partial charge in [0.2, 0.25) is 5.91 Å². The van der Waals surface area contributed by atoms with Gasteiger partial charge in [-0.15, -0.1) is 0 Å². The summed E-state index contributed by atoms with van der Waals surface area (Å²) in [5.41, 5.74) is 0.594. The van der Waals surface area contributed by atoms with Crippen LogP contribution < -0.4 is 9.47 Å². The van der Waals surface area contributed by atoms with E-state index in [1.807, 2.05) is 23.6 Å². The van der Waals surface area contributed by atoms with Gasteiger partial charge in [0.25, 0.3) is 5.91 Å². The molecule has 0 unspecified atom stereocenters. The van der Waals surface area contributed by atoms with E-state index in [-0.39, 0.29) is 17.9 Å². The van der Waals surface area contributed by atoms with Crippen LogP contribution in [0, 0.1) is 0 Å². The lowest BCUT2D eigenvalue weighted by Gasteiger charge is -2.35. The van der Waals surface area contributed by atoms with Gasteiger partial charge in [-0.2, -0.15) is 0 Å². The molecule has 0 bridgehead atoms. The van der Waals surface area contributed by atoms with E-state index in [4.69, 9.17) is 9.47 Å². The van der Waals surface area contributed by atoms with Crippen molar-refractivity contribution in [2.75, 3.05) is 52.9 Å². The van der Waals surface area contributed by atoms with Gasteiger partial charge in [-0.25, -0.2) is 0 Å². The van der Waals surface area contributed by atoms with Crippen LogP contribution in [0.1, 0.15) is 49.9 Å². The summed E-state index contributed by atoms with van der Waals surface area (Å²) >= 11 is 0. The predicted molar refractivity (Wildman–Crippen MR) is 116 cm³/mol. The Labute approximate surface area is 179 Å². The first kappa shape index (κ1) is 22.4. The van der Waals surface area contributed by atoms with Crippen LogP contribution in [0.15, 0.2) is 18.2 Å². The normalized spacial score (nSPS) is 18.3. The van der Waals surface area contributed by atoms with Crippen LogP contribution in [0.3, 0.4) is 0 Å². The van der Waals surface area contributed by atoms with Crippen molar-refractivity contribution in [2.45, 2.75) is 45.6 Å². The highest BCUT2D eigenvalue weighted by Gasteiger charge is 2.25. The topological polar surface area (TPSA) is 62.3 Å². The number of amides is 2. The number of piperazine rings is 1. The number of rotatable bonds is 6. The summed E-state index contributed by atoms with van der Waals surface area (Å²) in [4.78, 5) is 31.6. The molecule has 0 aromatic heterocycles. The summed E-state index contributed by atoms with van der Waals surface area (Å²) in [6.45, 7) is 8.82. The molecule has 0 spiro atoms. The van der Waals surface area contributed by atoms with Crippen LogP contribution >= 0.6 is 0 Å². The molecule has 30 heavy (non-hydrogen) atoms. The number of hydrogen-bond donors (Lipinski definition) is 0. The van der Waals surface area contributed by atoms with Gasteiger partial charge in [0.05, 0.1) is 19.8 Å². The third-order valence-corrected chi connectivity index (χ3v) is 5.75. The average Bonchev–Trinajstić information content (AvgIpc) is 3.03. The van der Waals surface area contributed by atoms with E-state index >= 15 is 0 Å². The first-order valence-electron chi connectivity index (χ1n) is 11.1. The summed E-state index contributed by atoms with van der Waals surface area (Å²) in [7, 11) is 1.58. The summed E-state index contributed by atoms with van der Waals surface area (Å²) in [6, 6.07) is 5.33. The van der Waals surface area contributed by atoms with E-state index in [0.717, 1.165) is 39.0 Å². The Morgan fingerprint density at radius 2 is 1.57 bits per heavy atom. The van der Waals surface area contributed by atoms with Crippen molar-refractivity contribution in [1.29, 1.82) is 0 Å². The van der Waals surface area contributed by atoms with Crippen LogP contribution in [-0.4, -0.2) is 85.5 Å². The zero-order valence-electron chi connectivity index (χ0n) is 18.6. The van der Waals surface area contributed by atoms with Crippen LogP contribution in [-0.2, 0) is 4.79 Å². The van der Waals surface area contributed by atoms with Crippen molar-refractivity contribution in [3.05, 3.63) is 23.8 Å². The molecule has 0 N–H and O–H groups in total. The van der Waals surface area contributed by atoms with Crippen molar-refractivity contribution < 1.29 is 19.1 Å². The second kappa shape index (κ2) is 10.7. The van der Waals surface area contributed by atoms with Crippen molar-refractivity contribution in [1.82, 2.24) is 14.7 Å². The minimum Gasteiger partial charge on any atom is -0.493 e. The zero-order chi connectivity index (χ0) is 21.5. The minimum atomic E-state index is -0.0112. The molecule has 2 aliphatic heterocycles. The highest BCUT2D eigenvalue weighted by atomic mass is 16.5. The number of benzene rings is 1. The third kappa shape index (κ3) is 5.88. The maximum absolute atomic E-state index is 13.0. The van der Waals surface area contributed by atoms with E-state index < -0.39 is 0 Å². The third-order valence-electron chi connectivity index (χ3n) is 5.75. The fraction of sp³-hybridized carbons (Fsp3) is 0.652. The molecule has 0 saturated carbocycles. The van der Waals surface area contributed by atoms with Gasteiger partial charge in [0, 0.05) is 44.8 Å². The lowest BCUT2D eigenvalue weighted by Crippen LogP contribution is -2.51. The van der Waals surface area contributed by atoms with Crippen molar-refractivity contribution in [2.24, 2.45) is 0 Å². The second-order valence-electron chi connectivity index (χ2n) is 8.40. The number of carbonyl (C=O) groups excluding carboxylic acids is 2. The maximum Gasteiger partial charge on any atom is 0.254 e. The monoisotopic (exact) mass is 417 g/mol. The van der Waals surface area contributed by atoms with Crippen LogP contribution in [0.4, 0.5) is 0 Å². The van der Waals surface area contributed by atoms with E-state index in [1.165, 1.54) is 12.8 Å². The minimum absolute atomic E-state index is 0.0112. The number of methoxy groups -OCH3 is 1. The molecule has 1 aromatic carbocycles. The van der Waals surface area contributed by atoms with E-state index in [1.54, 1.807) is 25.3 Å². The Hall–Kier alpha value is -2.28. The molecule has 0 atom stereocenters. The lowest BCUT2D eigenvalue weighted by atomic mass is 10.1. The molecule has 7 nitrogen and oxygen atoms in total. The first-order chi connectivity index (χ1) is 14.5. The zero-order valence-corrected chi connectivity index (χ0v) is 18.6. The second-order valence-corrected chi connectivity index (χ2v) is 8.40. The fourth-order valence-electron chi connectivity index (χ4n) is 4.05. The molecule has 0 radical (unpaired) electrons. The fourth-order valence-corrected chi connectivity index (χ4v) is 4.05. The summed E-state index contributed by atoms with van der Waals surface area (Å²) in [5, 5.41) is 0. The SMILES string of the molecule is COc1cc(C(=O)N2CCN(CC(=O)N3CCCCCC3)CC2)ccc1OC(C)C. The van der Waals surface area contributed by atoms with Crippen LogP contribution in [0.2, 0.25) is 0 Å². The Bertz CT molecular complexity index is 721. The van der Waals surface area contributed by atoms with Crippen molar-refractivity contribution >= 4 is 11.8 Å². The maximum atomic E-state index is 13.0. The quantitative estimate of drug-likeness (QED) is 0.712. The van der Waals surface area contributed by atoms with Gasteiger partial charge in [0.15, 0.2) is 11.5 Å². The Kier molecular flexibility index (Phi) is 7.96. The summed E-state index contributed by atoms with van der Waals surface area (Å²) in [5.74, 6) is 1.42. The van der Waals surface area contributed by atoms with E-state index in [2.05, 4.69) is 4.90 Å². The molecule has 2 amide bonds. The van der Waals surface area contributed by atoms with E-state index in [9.17, 15) is 9.59 Å². The van der Waals surface area contributed by atoms with Gasteiger partial charge in [-0.1, -0.05) is 12.8 Å². The molecule has 1 aromatic rings. The lowest BCUT2D eigenvalue weighted by molar-refractivity contribution is -0.132. The predicted octanol–water partition coefficient (Wildman–Crippen LogP) is 2.64. The average molecular weight is 418 g/mol. The van der Waals surface area contributed by atoms with Gasteiger partial charge in [0.1, 0.15) is 0 Å². The standard InChI is InChI=1S/C23H35N3O4/c1-18(2)30-20-9-8-19(16-21(20)29-3)23(28)26-14-12-24(13-15-26)17-22(27)25-10-6-4-5-7-11-25/h8-9,16,18H,4-7,10-15,17H2,1-3H3. The number of likely N-dealkylation sites (tertiary alicyclic amines) is 1. The van der Waals surface area contributed by atoms with Gasteiger partial charge in [-0.05, 0) is 44.9 Å².